The van der Waals surface area contributed by atoms with Crippen LogP contribution in [0, 0.1) is 0 Å². The number of ether oxygens (including phenoxy) is 1. The zero-order valence-electron chi connectivity index (χ0n) is 22.8. The fraction of sp³-hybridized carbons (Fsp3) is 0.0556. The lowest BCUT2D eigenvalue weighted by molar-refractivity contribution is 0.0601. The predicted octanol–water partition coefficient (Wildman–Crippen LogP) is 6.62. The van der Waals surface area contributed by atoms with Gasteiger partial charge in [-0.25, -0.2) is 9.59 Å². The van der Waals surface area contributed by atoms with E-state index in [9.17, 15) is 24.3 Å². The molecule has 10 rings (SSSR count). The van der Waals surface area contributed by atoms with Crippen LogP contribution in [-0.4, -0.2) is 24.0 Å². The number of aliphatic hydroxyl groups is 1. The number of fused-ring (bicyclic) bond motifs is 4. The van der Waals surface area contributed by atoms with Crippen LogP contribution in [0.2, 0.25) is 0 Å². The van der Waals surface area contributed by atoms with Crippen molar-refractivity contribution in [1.29, 1.82) is 0 Å². The smallest absolute Gasteiger partial charge is 0.341 e. The molecular formula is C36H16O8. The SMILES string of the molecule is COC(=O)c1cc2c(CO)cc3c4c5occc(=O)c5cc5cc6c7c(cc8c9cc(=O)oc1c9c2c3c8c7c54)C(=O)C=C6. The molecule has 8 nitrogen and oxygen atoms in total. The molecule has 0 fully saturated rings. The van der Waals surface area contributed by atoms with Crippen molar-refractivity contribution in [3.05, 3.63) is 97.7 Å². The minimum Gasteiger partial charge on any atom is -0.465 e. The summed E-state index contributed by atoms with van der Waals surface area (Å²) >= 11 is 0. The number of ketones is 1. The van der Waals surface area contributed by atoms with Crippen LogP contribution in [0.1, 0.15) is 31.8 Å². The van der Waals surface area contributed by atoms with Gasteiger partial charge in [0.05, 0.1) is 25.4 Å². The molecule has 0 radical (unpaired) electrons. The number of methoxy groups -OCH3 is 1. The third-order valence-corrected chi connectivity index (χ3v) is 9.42. The van der Waals surface area contributed by atoms with Crippen LogP contribution in [-0.2, 0) is 11.3 Å². The number of benzene rings is 7. The van der Waals surface area contributed by atoms with Crippen LogP contribution < -0.4 is 11.1 Å². The molecule has 44 heavy (non-hydrogen) atoms. The molecular weight excluding hydrogens is 560 g/mol. The molecule has 2 heterocycles. The first-order chi connectivity index (χ1) is 21.4. The second-order valence-corrected chi connectivity index (χ2v) is 11.4. The second kappa shape index (κ2) is 7.55. The van der Waals surface area contributed by atoms with Crippen LogP contribution in [0.4, 0.5) is 0 Å². The third-order valence-electron chi connectivity index (χ3n) is 9.42. The van der Waals surface area contributed by atoms with Gasteiger partial charge in [-0.05, 0) is 79.9 Å². The second-order valence-electron chi connectivity index (χ2n) is 11.4. The van der Waals surface area contributed by atoms with Crippen molar-refractivity contribution >= 4 is 104 Å². The predicted molar refractivity (Wildman–Crippen MR) is 168 cm³/mol. The molecule has 0 aliphatic heterocycles. The zero-order chi connectivity index (χ0) is 29.8. The Morgan fingerprint density at radius 1 is 0.750 bits per heavy atom. The van der Waals surface area contributed by atoms with Crippen molar-refractivity contribution in [3.8, 4) is 0 Å². The first-order valence-electron chi connectivity index (χ1n) is 13.9. The van der Waals surface area contributed by atoms with E-state index in [2.05, 4.69) is 0 Å². The Kier molecular flexibility index (Phi) is 4.06. The number of hydrogen-bond acceptors (Lipinski definition) is 8. The number of hydrogen-bond donors (Lipinski definition) is 1. The number of esters is 1. The molecule has 1 aliphatic carbocycles. The topological polar surface area (TPSA) is 124 Å². The van der Waals surface area contributed by atoms with Crippen molar-refractivity contribution in [3.63, 3.8) is 0 Å². The van der Waals surface area contributed by atoms with E-state index in [1.165, 1.54) is 31.6 Å². The Balaban J connectivity index is 1.68. The molecule has 8 heteroatoms. The summed E-state index contributed by atoms with van der Waals surface area (Å²) in [7, 11) is 1.25. The highest BCUT2D eigenvalue weighted by Gasteiger charge is 2.31. The summed E-state index contributed by atoms with van der Waals surface area (Å²) < 4.78 is 16.9. The lowest BCUT2D eigenvalue weighted by Gasteiger charge is -2.25. The van der Waals surface area contributed by atoms with Crippen LogP contribution in [0.25, 0.3) is 92.6 Å². The Hall–Kier alpha value is -5.86. The van der Waals surface area contributed by atoms with Crippen molar-refractivity contribution in [1.82, 2.24) is 0 Å². The van der Waals surface area contributed by atoms with Gasteiger partial charge in [0, 0.05) is 55.4 Å². The molecule has 7 aromatic carbocycles. The Morgan fingerprint density at radius 3 is 2.34 bits per heavy atom. The maximum atomic E-state index is 13.5. The average Bonchev–Trinajstić information content (AvgIpc) is 3.03. The minimum atomic E-state index is -0.696. The van der Waals surface area contributed by atoms with E-state index in [1.807, 2.05) is 24.3 Å². The molecule has 208 valence electrons. The number of allylic oxidation sites excluding steroid dienone is 1. The van der Waals surface area contributed by atoms with Crippen molar-refractivity contribution in [2.24, 2.45) is 0 Å². The number of aliphatic hydroxyl groups excluding tert-OH is 1. The maximum Gasteiger partial charge on any atom is 0.341 e. The minimum absolute atomic E-state index is 0.0468. The van der Waals surface area contributed by atoms with Gasteiger partial charge in [0.2, 0.25) is 0 Å². The normalized spacial score (nSPS) is 13.5. The van der Waals surface area contributed by atoms with E-state index >= 15 is 0 Å². The summed E-state index contributed by atoms with van der Waals surface area (Å²) in [5, 5.41) is 20.3. The van der Waals surface area contributed by atoms with Gasteiger partial charge in [0.1, 0.15) is 11.1 Å². The molecule has 0 amide bonds. The summed E-state index contributed by atoms with van der Waals surface area (Å²) in [6.07, 6.45) is 4.69. The summed E-state index contributed by atoms with van der Waals surface area (Å²) in [6.45, 7) is -0.355. The summed E-state index contributed by atoms with van der Waals surface area (Å²) in [5.41, 5.74) is 1.50. The maximum absolute atomic E-state index is 13.5. The summed E-state index contributed by atoms with van der Waals surface area (Å²) in [6, 6.07) is 11.9. The molecule has 0 saturated heterocycles. The zero-order valence-corrected chi connectivity index (χ0v) is 22.8. The lowest BCUT2D eigenvalue weighted by atomic mass is 9.77. The molecule has 9 aromatic rings. The molecule has 1 aliphatic rings. The van der Waals surface area contributed by atoms with Gasteiger partial charge in [-0.1, -0.05) is 6.08 Å². The van der Waals surface area contributed by atoms with E-state index in [-0.39, 0.29) is 29.0 Å². The number of carbonyl (C=O) groups excluding carboxylic acids is 2. The Labute approximate surface area is 243 Å². The molecule has 2 aromatic heterocycles. The highest BCUT2D eigenvalue weighted by molar-refractivity contribution is 6.51. The molecule has 0 unspecified atom stereocenters. The first-order valence-corrected chi connectivity index (χ1v) is 13.9. The largest absolute Gasteiger partial charge is 0.465 e. The van der Waals surface area contributed by atoms with E-state index in [0.29, 0.717) is 54.4 Å². The van der Waals surface area contributed by atoms with Crippen LogP contribution in [0.3, 0.4) is 0 Å². The fourth-order valence-corrected chi connectivity index (χ4v) is 7.79. The van der Waals surface area contributed by atoms with Gasteiger partial charge in [0.15, 0.2) is 16.8 Å². The average molecular weight is 577 g/mol. The highest BCUT2D eigenvalue weighted by Crippen LogP contribution is 2.54. The van der Waals surface area contributed by atoms with E-state index in [1.54, 1.807) is 12.1 Å². The monoisotopic (exact) mass is 576 g/mol. The first kappa shape index (κ1) is 23.7. The third kappa shape index (κ3) is 2.52. The summed E-state index contributed by atoms with van der Waals surface area (Å²) in [5.74, 6) is -0.869. The van der Waals surface area contributed by atoms with Gasteiger partial charge in [-0.3, -0.25) is 9.59 Å². The Morgan fingerprint density at radius 2 is 1.52 bits per heavy atom. The van der Waals surface area contributed by atoms with E-state index in [4.69, 9.17) is 13.6 Å². The molecule has 1 N–H and O–H groups in total. The lowest BCUT2D eigenvalue weighted by Crippen LogP contribution is -2.09. The molecule has 0 saturated carbocycles. The van der Waals surface area contributed by atoms with Gasteiger partial charge in [-0.15, -0.1) is 0 Å². The van der Waals surface area contributed by atoms with E-state index in [0.717, 1.165) is 43.3 Å². The fourth-order valence-electron chi connectivity index (χ4n) is 7.79. The van der Waals surface area contributed by atoms with Crippen molar-refractivity contribution in [2.75, 3.05) is 7.11 Å². The van der Waals surface area contributed by atoms with Gasteiger partial charge in [-0.2, -0.15) is 0 Å². The van der Waals surface area contributed by atoms with Gasteiger partial charge < -0.3 is 18.7 Å². The highest BCUT2D eigenvalue weighted by atomic mass is 16.5. The van der Waals surface area contributed by atoms with Crippen molar-refractivity contribution in [2.45, 2.75) is 6.61 Å². The molecule has 0 bridgehead atoms. The Bertz CT molecular complexity index is 2980. The van der Waals surface area contributed by atoms with E-state index < -0.39 is 11.6 Å². The summed E-state index contributed by atoms with van der Waals surface area (Å²) in [4.78, 5) is 52.8. The van der Waals surface area contributed by atoms with Crippen LogP contribution >= 0.6 is 0 Å². The van der Waals surface area contributed by atoms with Gasteiger partial charge >= 0.3 is 11.6 Å². The van der Waals surface area contributed by atoms with Crippen molar-refractivity contribution < 1.29 is 28.3 Å². The van der Waals surface area contributed by atoms with Crippen LogP contribution in [0.5, 0.6) is 0 Å². The number of carbonyl (C=O) groups is 2. The molecule has 0 atom stereocenters. The van der Waals surface area contributed by atoms with Gasteiger partial charge in [0.25, 0.3) is 0 Å². The van der Waals surface area contributed by atoms with Crippen LogP contribution in [0.15, 0.2) is 73.2 Å². The standard InChI is InChI=1S/C36H16O8/c1-42-36(41)22-9-16-15(12-37)8-21-30-28(16)31-18(11-25(40)44-35(22)31)17-10-19-23(38)3-2-13-6-14-7-20-24(39)4-5-43-34(20)32(21)27(14)33(26(13)19)29(17)30/h2-11,37H,12H2,1H3. The quantitative estimate of drug-likeness (QED) is 0.105. The number of rotatable bonds is 2. The molecule has 0 spiro atoms.